The second-order valence-electron chi connectivity index (χ2n) is 2.88. The topological polar surface area (TPSA) is 69.2 Å². The zero-order valence-corrected chi connectivity index (χ0v) is 6.66. The van der Waals surface area contributed by atoms with E-state index in [1.807, 2.05) is 0 Å². The van der Waals surface area contributed by atoms with Gasteiger partial charge < -0.3 is 15.2 Å². The van der Waals surface area contributed by atoms with E-state index < -0.39 is 5.97 Å². The third-order valence-corrected chi connectivity index (χ3v) is 1.97. The Morgan fingerprint density at radius 3 is 2.92 bits per heavy atom. The number of rotatable bonds is 1. The minimum Gasteiger partial charge on any atom is -0.545 e. The van der Waals surface area contributed by atoms with E-state index in [9.17, 15) is 14.7 Å². The zero-order valence-electron chi connectivity index (χ0n) is 6.66. The highest BCUT2D eigenvalue weighted by Crippen LogP contribution is 2.23. The van der Waals surface area contributed by atoms with Crippen molar-refractivity contribution in [2.75, 3.05) is 5.32 Å². The van der Waals surface area contributed by atoms with Gasteiger partial charge in [-0.3, -0.25) is 4.79 Å². The van der Waals surface area contributed by atoms with Crippen molar-refractivity contribution in [1.29, 1.82) is 0 Å². The molecule has 1 heterocycles. The molecule has 1 amide bonds. The zero-order chi connectivity index (χ0) is 9.42. The summed E-state index contributed by atoms with van der Waals surface area (Å²) in [5.74, 6) is -1.33. The van der Waals surface area contributed by atoms with E-state index in [-0.39, 0.29) is 17.9 Å². The van der Waals surface area contributed by atoms with Gasteiger partial charge in [0.05, 0.1) is 12.4 Å². The van der Waals surface area contributed by atoms with Gasteiger partial charge in [-0.15, -0.1) is 0 Å². The summed E-state index contributed by atoms with van der Waals surface area (Å²) in [6.45, 7) is 0. The van der Waals surface area contributed by atoms with Gasteiger partial charge in [0.2, 0.25) is 5.91 Å². The third-order valence-electron chi connectivity index (χ3n) is 1.97. The van der Waals surface area contributed by atoms with E-state index in [0.29, 0.717) is 11.3 Å². The molecule has 66 valence electrons. The highest BCUT2D eigenvalue weighted by molar-refractivity contribution is 6.00. The number of hydrogen-bond acceptors (Lipinski definition) is 3. The lowest BCUT2D eigenvalue weighted by molar-refractivity contribution is -0.255. The molecule has 0 spiro atoms. The number of anilines is 1. The Labute approximate surface area is 74.2 Å². The number of carbonyl (C=O) groups excluding carboxylic acids is 2. The van der Waals surface area contributed by atoms with Crippen molar-refractivity contribution in [3.8, 4) is 0 Å². The maximum Gasteiger partial charge on any atom is 0.228 e. The maximum absolute atomic E-state index is 10.9. The summed E-state index contributed by atoms with van der Waals surface area (Å²) < 4.78 is 0. The van der Waals surface area contributed by atoms with Gasteiger partial charge in [0.1, 0.15) is 0 Å². The minimum atomic E-state index is -1.22. The summed E-state index contributed by atoms with van der Waals surface area (Å²) in [7, 11) is 0. The molecule has 13 heavy (non-hydrogen) atoms. The Hall–Kier alpha value is -1.84. The lowest BCUT2D eigenvalue weighted by atomic mass is 10.1. The van der Waals surface area contributed by atoms with E-state index in [2.05, 4.69) is 5.32 Å². The van der Waals surface area contributed by atoms with Gasteiger partial charge in [-0.1, -0.05) is 6.07 Å². The summed E-state index contributed by atoms with van der Waals surface area (Å²) in [5.41, 5.74) is 1.51. The van der Waals surface area contributed by atoms with Gasteiger partial charge in [-0.05, 0) is 23.3 Å². The van der Waals surface area contributed by atoms with E-state index in [0.717, 1.165) is 0 Å². The highest BCUT2D eigenvalue weighted by Gasteiger charge is 2.17. The molecule has 0 atom stereocenters. The van der Waals surface area contributed by atoms with Gasteiger partial charge in [0.15, 0.2) is 0 Å². The molecule has 2 rings (SSSR count). The monoisotopic (exact) mass is 176 g/mol. The van der Waals surface area contributed by atoms with Crippen LogP contribution in [0.5, 0.6) is 0 Å². The van der Waals surface area contributed by atoms with Crippen molar-refractivity contribution in [3.63, 3.8) is 0 Å². The van der Waals surface area contributed by atoms with Crippen LogP contribution in [-0.2, 0) is 11.2 Å². The predicted octanol–water partition coefficient (Wildman–Crippen LogP) is -0.455. The molecule has 0 radical (unpaired) electrons. The molecule has 0 aromatic heterocycles. The summed E-state index contributed by atoms with van der Waals surface area (Å²) in [6, 6.07) is 4.45. The van der Waals surface area contributed by atoms with E-state index in [1.54, 1.807) is 6.07 Å². The van der Waals surface area contributed by atoms with Crippen LogP contribution < -0.4 is 10.4 Å². The number of carboxylic acids is 1. The van der Waals surface area contributed by atoms with Gasteiger partial charge >= 0.3 is 0 Å². The molecule has 1 aromatic carbocycles. The van der Waals surface area contributed by atoms with Gasteiger partial charge in [0, 0.05) is 5.69 Å². The van der Waals surface area contributed by atoms with Crippen LogP contribution in [0.25, 0.3) is 0 Å². The van der Waals surface area contributed by atoms with Crippen LogP contribution in [0.4, 0.5) is 5.69 Å². The Kier molecular flexibility index (Phi) is 1.55. The molecule has 1 aliphatic heterocycles. The summed E-state index contributed by atoms with van der Waals surface area (Å²) in [5, 5.41) is 13.1. The summed E-state index contributed by atoms with van der Waals surface area (Å²) in [4.78, 5) is 21.4. The summed E-state index contributed by atoms with van der Waals surface area (Å²) in [6.07, 6.45) is 0.246. The Morgan fingerprint density at radius 1 is 1.46 bits per heavy atom. The Morgan fingerprint density at radius 2 is 2.23 bits per heavy atom. The first-order valence-corrected chi connectivity index (χ1v) is 3.81. The van der Waals surface area contributed by atoms with Crippen molar-refractivity contribution < 1.29 is 14.7 Å². The molecular formula is C9H6NO3-. The largest absolute Gasteiger partial charge is 0.545 e. The summed E-state index contributed by atoms with van der Waals surface area (Å²) >= 11 is 0. The smallest absolute Gasteiger partial charge is 0.228 e. The fraction of sp³-hybridized carbons (Fsp3) is 0.111. The molecule has 0 bridgehead atoms. The predicted molar refractivity (Wildman–Crippen MR) is 43.1 cm³/mol. The number of nitrogens with one attached hydrogen (secondary N) is 1. The first-order valence-electron chi connectivity index (χ1n) is 3.81. The number of fused-ring (bicyclic) bond motifs is 1. The molecule has 0 saturated heterocycles. The van der Waals surface area contributed by atoms with Crippen LogP contribution >= 0.6 is 0 Å². The molecule has 4 nitrogen and oxygen atoms in total. The van der Waals surface area contributed by atoms with Crippen molar-refractivity contribution in [2.45, 2.75) is 6.42 Å². The Bertz CT molecular complexity index is 398. The van der Waals surface area contributed by atoms with Crippen LogP contribution in [0.15, 0.2) is 18.2 Å². The molecule has 1 aromatic rings. The Balaban J connectivity index is 2.45. The second kappa shape index (κ2) is 2.58. The molecule has 0 saturated carbocycles. The van der Waals surface area contributed by atoms with Crippen molar-refractivity contribution in [2.24, 2.45) is 0 Å². The molecule has 4 heteroatoms. The van der Waals surface area contributed by atoms with Crippen LogP contribution in [0.1, 0.15) is 15.9 Å². The second-order valence-corrected chi connectivity index (χ2v) is 2.88. The maximum atomic E-state index is 10.9. The fourth-order valence-corrected chi connectivity index (χ4v) is 1.36. The van der Waals surface area contributed by atoms with E-state index >= 15 is 0 Å². The molecule has 1 aliphatic rings. The number of hydrogen-bond donors (Lipinski definition) is 1. The molecule has 0 aliphatic carbocycles. The van der Waals surface area contributed by atoms with Gasteiger partial charge in [0.25, 0.3) is 0 Å². The first-order chi connectivity index (χ1) is 6.16. The first kappa shape index (κ1) is 7.79. The van der Waals surface area contributed by atoms with Crippen LogP contribution in [0.2, 0.25) is 0 Å². The lowest BCUT2D eigenvalue weighted by Crippen LogP contribution is -2.22. The van der Waals surface area contributed by atoms with Crippen LogP contribution in [-0.4, -0.2) is 11.9 Å². The molecular weight excluding hydrogens is 170 g/mol. The van der Waals surface area contributed by atoms with Crippen LogP contribution in [0.3, 0.4) is 0 Å². The number of aromatic carboxylic acids is 1. The normalized spacial score (nSPS) is 13.7. The number of carbonyl (C=O) groups is 2. The molecule has 0 fully saturated rings. The van der Waals surface area contributed by atoms with Crippen molar-refractivity contribution in [1.82, 2.24) is 0 Å². The standard InChI is InChI=1S/C9H7NO3/c11-8-4-6-3-5(9(12)13)1-2-7(6)10-8/h1-3H,4H2,(H,10,11)(H,12,13)/p-1. The molecule has 1 N–H and O–H groups in total. The number of benzene rings is 1. The number of carboxylic acid groups (broad SMARTS) is 1. The van der Waals surface area contributed by atoms with Gasteiger partial charge in [-0.2, -0.15) is 0 Å². The molecule has 0 unspecified atom stereocenters. The fourth-order valence-electron chi connectivity index (χ4n) is 1.36. The van der Waals surface area contributed by atoms with E-state index in [1.165, 1.54) is 12.1 Å². The average Bonchev–Trinajstić information content (AvgIpc) is 2.42. The number of amides is 1. The highest BCUT2D eigenvalue weighted by atomic mass is 16.4. The van der Waals surface area contributed by atoms with E-state index in [4.69, 9.17) is 0 Å². The average molecular weight is 176 g/mol. The lowest BCUT2D eigenvalue weighted by Gasteiger charge is -2.03. The van der Waals surface area contributed by atoms with Gasteiger partial charge in [-0.25, -0.2) is 0 Å². The quantitative estimate of drug-likeness (QED) is 0.629. The third kappa shape index (κ3) is 1.26. The minimum absolute atomic E-state index is 0.106. The van der Waals surface area contributed by atoms with Crippen molar-refractivity contribution in [3.05, 3.63) is 29.3 Å². The SMILES string of the molecule is O=C1Cc2cc(C(=O)[O-])ccc2N1. The van der Waals surface area contributed by atoms with Crippen LogP contribution in [0, 0.1) is 0 Å². The van der Waals surface area contributed by atoms with Crippen molar-refractivity contribution >= 4 is 17.6 Å².